The number of methoxy groups -OCH3 is 1. The lowest BCUT2D eigenvalue weighted by atomic mass is 9.95. The first-order chi connectivity index (χ1) is 8.43. The molecular weight excluding hydrogens is 230 g/mol. The van der Waals surface area contributed by atoms with Crippen molar-refractivity contribution in [3.8, 4) is 5.88 Å². The van der Waals surface area contributed by atoms with E-state index in [-0.39, 0.29) is 0 Å². The number of nitrogens with zero attached hydrogens (tertiary/aromatic N) is 2. The molecule has 102 valence electrons. The Morgan fingerprint density at radius 3 is 2.83 bits per heavy atom. The van der Waals surface area contributed by atoms with Crippen LogP contribution in [0.2, 0.25) is 0 Å². The highest BCUT2D eigenvalue weighted by atomic mass is 16.5. The molecule has 1 unspecified atom stereocenters. The molecule has 0 saturated carbocycles. The minimum Gasteiger partial charge on any atom is -0.481 e. The maximum Gasteiger partial charge on any atom is 0.226 e. The van der Waals surface area contributed by atoms with E-state index < -0.39 is 5.60 Å². The van der Waals surface area contributed by atoms with E-state index >= 15 is 0 Å². The minimum atomic E-state index is -0.753. The van der Waals surface area contributed by atoms with Gasteiger partial charge < -0.3 is 15.2 Å². The number of hydrogen-bond acceptors (Lipinski definition) is 5. The number of rotatable bonds is 7. The fourth-order valence-electron chi connectivity index (χ4n) is 1.50. The average molecular weight is 253 g/mol. The SMILES string of the molecule is COc1ccnc(NCC(C)(O)CCC(C)C)n1. The number of aromatic nitrogens is 2. The van der Waals surface area contributed by atoms with E-state index in [1.54, 1.807) is 19.4 Å². The highest BCUT2D eigenvalue weighted by Gasteiger charge is 2.20. The van der Waals surface area contributed by atoms with Crippen LogP contribution in [-0.2, 0) is 0 Å². The number of hydrogen-bond donors (Lipinski definition) is 2. The van der Waals surface area contributed by atoms with Gasteiger partial charge in [-0.05, 0) is 25.7 Å². The Hall–Kier alpha value is -1.36. The van der Waals surface area contributed by atoms with Crippen molar-refractivity contribution in [2.24, 2.45) is 5.92 Å². The largest absolute Gasteiger partial charge is 0.481 e. The van der Waals surface area contributed by atoms with E-state index in [0.717, 1.165) is 12.8 Å². The van der Waals surface area contributed by atoms with E-state index in [1.165, 1.54) is 0 Å². The second kappa shape index (κ2) is 6.54. The highest BCUT2D eigenvalue weighted by Crippen LogP contribution is 2.17. The van der Waals surface area contributed by atoms with Gasteiger partial charge in [0, 0.05) is 18.8 Å². The lowest BCUT2D eigenvalue weighted by Crippen LogP contribution is -2.34. The summed E-state index contributed by atoms with van der Waals surface area (Å²) in [4.78, 5) is 8.21. The summed E-state index contributed by atoms with van der Waals surface area (Å²) in [6.07, 6.45) is 3.37. The van der Waals surface area contributed by atoms with Gasteiger partial charge in [-0.1, -0.05) is 13.8 Å². The van der Waals surface area contributed by atoms with Crippen LogP contribution in [-0.4, -0.2) is 34.3 Å². The Labute approximate surface area is 109 Å². The number of anilines is 1. The van der Waals surface area contributed by atoms with Crippen LogP contribution in [0.1, 0.15) is 33.6 Å². The van der Waals surface area contributed by atoms with E-state index in [0.29, 0.717) is 24.3 Å². The topological polar surface area (TPSA) is 67.3 Å². The Morgan fingerprint density at radius 2 is 2.22 bits per heavy atom. The molecule has 0 radical (unpaired) electrons. The smallest absolute Gasteiger partial charge is 0.226 e. The van der Waals surface area contributed by atoms with Crippen LogP contribution >= 0.6 is 0 Å². The zero-order valence-electron chi connectivity index (χ0n) is 11.6. The second-order valence-electron chi connectivity index (χ2n) is 5.21. The van der Waals surface area contributed by atoms with Crippen molar-refractivity contribution in [1.82, 2.24) is 9.97 Å². The fourth-order valence-corrected chi connectivity index (χ4v) is 1.50. The van der Waals surface area contributed by atoms with Crippen LogP contribution in [0.25, 0.3) is 0 Å². The Kier molecular flexibility index (Phi) is 5.34. The van der Waals surface area contributed by atoms with Gasteiger partial charge in [0.15, 0.2) is 0 Å². The van der Waals surface area contributed by atoms with Crippen LogP contribution in [0.4, 0.5) is 5.95 Å². The Bertz CT molecular complexity index is 367. The van der Waals surface area contributed by atoms with Gasteiger partial charge in [0.1, 0.15) is 0 Å². The molecule has 5 heteroatoms. The van der Waals surface area contributed by atoms with Crippen molar-refractivity contribution in [2.75, 3.05) is 19.0 Å². The third-order valence-corrected chi connectivity index (χ3v) is 2.73. The summed E-state index contributed by atoms with van der Waals surface area (Å²) >= 11 is 0. The van der Waals surface area contributed by atoms with Crippen LogP contribution in [0.3, 0.4) is 0 Å². The molecule has 1 atom stereocenters. The molecule has 0 bridgehead atoms. The van der Waals surface area contributed by atoms with Crippen molar-refractivity contribution in [2.45, 2.75) is 39.2 Å². The predicted molar refractivity (Wildman–Crippen MR) is 71.8 cm³/mol. The van der Waals surface area contributed by atoms with Gasteiger partial charge in [0.2, 0.25) is 11.8 Å². The molecule has 18 heavy (non-hydrogen) atoms. The summed E-state index contributed by atoms with van der Waals surface area (Å²) in [5, 5.41) is 13.2. The Balaban J connectivity index is 2.47. The molecule has 0 fully saturated rings. The van der Waals surface area contributed by atoms with Gasteiger partial charge in [-0.25, -0.2) is 4.98 Å². The predicted octanol–water partition coefficient (Wildman–Crippen LogP) is 2.08. The second-order valence-corrected chi connectivity index (χ2v) is 5.21. The van der Waals surface area contributed by atoms with Gasteiger partial charge >= 0.3 is 0 Å². The first-order valence-electron chi connectivity index (χ1n) is 6.26. The number of ether oxygens (including phenoxy) is 1. The van der Waals surface area contributed by atoms with E-state index in [2.05, 4.69) is 29.1 Å². The molecule has 5 nitrogen and oxygen atoms in total. The molecule has 1 rings (SSSR count). The van der Waals surface area contributed by atoms with Crippen molar-refractivity contribution >= 4 is 5.95 Å². The number of nitrogens with one attached hydrogen (secondary N) is 1. The third-order valence-electron chi connectivity index (χ3n) is 2.73. The van der Waals surface area contributed by atoms with Gasteiger partial charge in [0.05, 0.1) is 12.7 Å². The maximum absolute atomic E-state index is 10.2. The van der Waals surface area contributed by atoms with E-state index in [9.17, 15) is 5.11 Å². The molecule has 0 aliphatic carbocycles. The molecular formula is C13H23N3O2. The normalized spacial score (nSPS) is 14.3. The van der Waals surface area contributed by atoms with Crippen LogP contribution in [0.5, 0.6) is 5.88 Å². The molecule has 2 N–H and O–H groups in total. The third kappa shape index (κ3) is 5.31. The van der Waals surface area contributed by atoms with Gasteiger partial charge in [-0.3, -0.25) is 0 Å². The summed E-state index contributed by atoms with van der Waals surface area (Å²) in [6, 6.07) is 1.68. The summed E-state index contributed by atoms with van der Waals surface area (Å²) in [7, 11) is 1.56. The minimum absolute atomic E-state index is 0.423. The summed E-state index contributed by atoms with van der Waals surface area (Å²) in [5.41, 5.74) is -0.753. The highest BCUT2D eigenvalue weighted by molar-refractivity contribution is 5.27. The molecule has 0 amide bonds. The molecule has 1 aromatic heterocycles. The first kappa shape index (κ1) is 14.7. The van der Waals surface area contributed by atoms with E-state index in [1.807, 2.05) is 6.92 Å². The quantitative estimate of drug-likeness (QED) is 0.778. The van der Waals surface area contributed by atoms with Gasteiger partial charge in [0.25, 0.3) is 0 Å². The fraction of sp³-hybridized carbons (Fsp3) is 0.692. The van der Waals surface area contributed by atoms with Crippen molar-refractivity contribution in [3.05, 3.63) is 12.3 Å². The van der Waals surface area contributed by atoms with Crippen molar-refractivity contribution in [1.29, 1.82) is 0 Å². The van der Waals surface area contributed by atoms with Gasteiger partial charge in [-0.15, -0.1) is 0 Å². The lowest BCUT2D eigenvalue weighted by Gasteiger charge is -2.24. The summed E-state index contributed by atoms with van der Waals surface area (Å²) < 4.78 is 5.01. The molecule has 0 spiro atoms. The zero-order chi connectivity index (χ0) is 13.6. The molecule has 0 aliphatic rings. The summed E-state index contributed by atoms with van der Waals surface area (Å²) in [5.74, 6) is 1.57. The number of aliphatic hydroxyl groups is 1. The monoisotopic (exact) mass is 253 g/mol. The molecule has 0 aliphatic heterocycles. The first-order valence-corrected chi connectivity index (χ1v) is 6.26. The average Bonchev–Trinajstić information content (AvgIpc) is 2.35. The summed E-state index contributed by atoms with van der Waals surface area (Å²) in [6.45, 7) is 6.54. The standard InChI is InChI=1S/C13H23N3O2/c1-10(2)5-7-13(3,17)9-15-12-14-8-6-11(16-12)18-4/h6,8,10,17H,5,7,9H2,1-4H3,(H,14,15,16). The van der Waals surface area contributed by atoms with Crippen LogP contribution < -0.4 is 10.1 Å². The van der Waals surface area contributed by atoms with Crippen LogP contribution in [0.15, 0.2) is 12.3 Å². The Morgan fingerprint density at radius 1 is 1.50 bits per heavy atom. The van der Waals surface area contributed by atoms with Crippen molar-refractivity contribution < 1.29 is 9.84 Å². The van der Waals surface area contributed by atoms with E-state index in [4.69, 9.17) is 4.74 Å². The zero-order valence-corrected chi connectivity index (χ0v) is 11.6. The van der Waals surface area contributed by atoms with Crippen molar-refractivity contribution in [3.63, 3.8) is 0 Å². The molecule has 1 heterocycles. The molecule has 1 aromatic rings. The van der Waals surface area contributed by atoms with Gasteiger partial charge in [-0.2, -0.15) is 4.98 Å². The molecule has 0 aromatic carbocycles. The van der Waals surface area contributed by atoms with Crippen LogP contribution in [0, 0.1) is 5.92 Å². The molecule has 0 saturated heterocycles. The lowest BCUT2D eigenvalue weighted by molar-refractivity contribution is 0.0584. The maximum atomic E-state index is 10.2.